The molecule has 1 aromatic carbocycles. The van der Waals surface area contributed by atoms with E-state index in [0.717, 1.165) is 0 Å². The van der Waals surface area contributed by atoms with Crippen LogP contribution in [0.2, 0.25) is 5.02 Å². The maximum atomic E-state index is 10.0. The van der Waals surface area contributed by atoms with E-state index in [1.807, 2.05) is 0 Å². The van der Waals surface area contributed by atoms with Gasteiger partial charge in [0.15, 0.2) is 0 Å². The van der Waals surface area contributed by atoms with Gasteiger partial charge in [0.05, 0.1) is 13.2 Å². The third-order valence-corrected chi connectivity index (χ3v) is 2.80. The zero-order valence-corrected chi connectivity index (χ0v) is 10.7. The van der Waals surface area contributed by atoms with Gasteiger partial charge in [-0.1, -0.05) is 11.6 Å². The van der Waals surface area contributed by atoms with Crippen molar-refractivity contribution in [2.45, 2.75) is 18.6 Å². The Morgan fingerprint density at radius 1 is 1.41 bits per heavy atom. The molecule has 0 bridgehead atoms. The van der Waals surface area contributed by atoms with Crippen molar-refractivity contribution in [1.29, 1.82) is 0 Å². The van der Waals surface area contributed by atoms with Crippen LogP contribution < -0.4 is 10.1 Å². The summed E-state index contributed by atoms with van der Waals surface area (Å²) in [6.07, 6.45) is -1.40. The smallest absolute Gasteiger partial charge is 0.124 e. The topological polar surface area (TPSA) is 61.7 Å². The van der Waals surface area contributed by atoms with Crippen molar-refractivity contribution in [2.24, 2.45) is 0 Å². The summed E-state index contributed by atoms with van der Waals surface area (Å²) in [4.78, 5) is 0. The Morgan fingerprint density at radius 3 is 2.71 bits per heavy atom. The Morgan fingerprint density at radius 2 is 2.12 bits per heavy atom. The third-order valence-electron chi connectivity index (χ3n) is 2.56. The standard InChI is InChI=1S/C12H18ClNO3/c1-14-6-5-10(15)12(16)9-7-8(13)3-4-11(9)17-2/h3-4,7,10,12,14-16H,5-6H2,1-2H3. The first kappa shape index (κ1) is 14.3. The Kier molecular flexibility index (Phi) is 5.71. The number of halogens is 1. The van der Waals surface area contributed by atoms with E-state index in [2.05, 4.69) is 5.32 Å². The van der Waals surface area contributed by atoms with Gasteiger partial charge in [-0.3, -0.25) is 0 Å². The second kappa shape index (κ2) is 6.81. The molecular weight excluding hydrogens is 242 g/mol. The van der Waals surface area contributed by atoms with Crippen LogP contribution in [0.5, 0.6) is 5.75 Å². The highest BCUT2D eigenvalue weighted by molar-refractivity contribution is 6.30. The highest BCUT2D eigenvalue weighted by Gasteiger charge is 2.21. The van der Waals surface area contributed by atoms with Gasteiger partial charge in [-0.05, 0) is 38.2 Å². The Bertz CT molecular complexity index is 360. The minimum atomic E-state index is -1.00. The lowest BCUT2D eigenvalue weighted by molar-refractivity contribution is 0.0127. The minimum absolute atomic E-state index is 0.452. The lowest BCUT2D eigenvalue weighted by atomic mass is 10.0. The Labute approximate surface area is 106 Å². The second-order valence-electron chi connectivity index (χ2n) is 3.79. The van der Waals surface area contributed by atoms with E-state index in [1.54, 1.807) is 25.2 Å². The molecule has 0 amide bonds. The van der Waals surface area contributed by atoms with Gasteiger partial charge in [0.25, 0.3) is 0 Å². The predicted octanol–water partition coefficient (Wildman–Crippen LogP) is 1.35. The fourth-order valence-corrected chi connectivity index (χ4v) is 1.77. The molecule has 0 heterocycles. The summed E-state index contributed by atoms with van der Waals surface area (Å²) in [6, 6.07) is 4.95. The van der Waals surface area contributed by atoms with Crippen molar-refractivity contribution >= 4 is 11.6 Å². The summed E-state index contributed by atoms with van der Waals surface area (Å²) in [5, 5.41) is 23.3. The van der Waals surface area contributed by atoms with Gasteiger partial charge in [0.2, 0.25) is 0 Å². The van der Waals surface area contributed by atoms with Crippen molar-refractivity contribution in [3.05, 3.63) is 28.8 Å². The fraction of sp³-hybridized carbons (Fsp3) is 0.500. The summed E-state index contributed by atoms with van der Waals surface area (Å²) in [5.74, 6) is 0.519. The van der Waals surface area contributed by atoms with E-state index >= 15 is 0 Å². The number of aliphatic hydroxyl groups is 2. The SMILES string of the molecule is CNCCC(O)C(O)c1cc(Cl)ccc1OC. The number of methoxy groups -OCH3 is 1. The van der Waals surface area contributed by atoms with Crippen LogP contribution in [0.15, 0.2) is 18.2 Å². The molecule has 0 radical (unpaired) electrons. The molecule has 0 spiro atoms. The number of aliphatic hydroxyl groups excluding tert-OH is 2. The minimum Gasteiger partial charge on any atom is -0.496 e. The van der Waals surface area contributed by atoms with Crippen LogP contribution in [-0.2, 0) is 0 Å². The Balaban J connectivity index is 2.86. The highest BCUT2D eigenvalue weighted by atomic mass is 35.5. The van der Waals surface area contributed by atoms with Gasteiger partial charge in [0, 0.05) is 10.6 Å². The quantitative estimate of drug-likeness (QED) is 0.722. The molecule has 0 fully saturated rings. The van der Waals surface area contributed by atoms with Crippen LogP contribution in [-0.4, -0.2) is 37.0 Å². The molecule has 0 aromatic heterocycles. The molecule has 2 unspecified atom stereocenters. The van der Waals surface area contributed by atoms with Crippen LogP contribution in [0.4, 0.5) is 0 Å². The van der Waals surface area contributed by atoms with Gasteiger partial charge < -0.3 is 20.3 Å². The fourth-order valence-electron chi connectivity index (χ4n) is 1.59. The maximum Gasteiger partial charge on any atom is 0.124 e. The monoisotopic (exact) mass is 259 g/mol. The molecule has 2 atom stereocenters. The first-order valence-electron chi connectivity index (χ1n) is 5.44. The average Bonchev–Trinajstić information content (AvgIpc) is 2.34. The largest absolute Gasteiger partial charge is 0.496 e. The normalized spacial score (nSPS) is 14.4. The summed E-state index contributed by atoms with van der Waals surface area (Å²) in [7, 11) is 3.30. The van der Waals surface area contributed by atoms with Crippen molar-refractivity contribution in [1.82, 2.24) is 5.32 Å². The number of hydrogen-bond donors (Lipinski definition) is 3. The zero-order valence-electron chi connectivity index (χ0n) is 9.98. The summed E-state index contributed by atoms with van der Waals surface area (Å²) >= 11 is 5.87. The molecule has 0 aliphatic heterocycles. The molecule has 5 heteroatoms. The van der Waals surface area contributed by atoms with E-state index < -0.39 is 12.2 Å². The molecule has 0 saturated heterocycles. The lowest BCUT2D eigenvalue weighted by Gasteiger charge is -2.20. The van der Waals surface area contributed by atoms with Gasteiger partial charge in [-0.25, -0.2) is 0 Å². The molecule has 0 aliphatic carbocycles. The van der Waals surface area contributed by atoms with Gasteiger partial charge in [0.1, 0.15) is 11.9 Å². The molecule has 4 nitrogen and oxygen atoms in total. The molecular formula is C12H18ClNO3. The number of nitrogens with one attached hydrogen (secondary N) is 1. The third kappa shape index (κ3) is 3.85. The van der Waals surface area contributed by atoms with Crippen LogP contribution in [0.1, 0.15) is 18.1 Å². The van der Waals surface area contributed by atoms with Crippen LogP contribution in [0, 0.1) is 0 Å². The maximum absolute atomic E-state index is 10.0. The van der Waals surface area contributed by atoms with E-state index in [9.17, 15) is 10.2 Å². The molecule has 1 aromatic rings. The highest BCUT2D eigenvalue weighted by Crippen LogP contribution is 2.30. The van der Waals surface area contributed by atoms with Crippen LogP contribution in [0.3, 0.4) is 0 Å². The first-order valence-corrected chi connectivity index (χ1v) is 5.82. The van der Waals surface area contributed by atoms with Crippen LogP contribution >= 0.6 is 11.6 Å². The lowest BCUT2D eigenvalue weighted by Crippen LogP contribution is -2.23. The zero-order chi connectivity index (χ0) is 12.8. The number of rotatable bonds is 6. The molecule has 3 N–H and O–H groups in total. The number of hydrogen-bond acceptors (Lipinski definition) is 4. The van der Waals surface area contributed by atoms with Crippen molar-refractivity contribution in [2.75, 3.05) is 20.7 Å². The molecule has 96 valence electrons. The van der Waals surface area contributed by atoms with E-state index in [1.165, 1.54) is 7.11 Å². The van der Waals surface area contributed by atoms with E-state index in [4.69, 9.17) is 16.3 Å². The summed E-state index contributed by atoms with van der Waals surface area (Å²) < 4.78 is 5.13. The van der Waals surface area contributed by atoms with Gasteiger partial charge in [-0.2, -0.15) is 0 Å². The van der Waals surface area contributed by atoms with Crippen molar-refractivity contribution in [3.63, 3.8) is 0 Å². The molecule has 0 aliphatic rings. The molecule has 0 saturated carbocycles. The second-order valence-corrected chi connectivity index (χ2v) is 4.23. The summed E-state index contributed by atoms with van der Waals surface area (Å²) in [6.45, 7) is 0.626. The van der Waals surface area contributed by atoms with Gasteiger partial charge in [-0.15, -0.1) is 0 Å². The average molecular weight is 260 g/mol. The first-order chi connectivity index (χ1) is 8.10. The number of benzene rings is 1. The van der Waals surface area contributed by atoms with E-state index in [0.29, 0.717) is 29.3 Å². The van der Waals surface area contributed by atoms with Crippen molar-refractivity contribution < 1.29 is 14.9 Å². The van der Waals surface area contributed by atoms with Crippen molar-refractivity contribution in [3.8, 4) is 5.75 Å². The predicted molar refractivity (Wildman–Crippen MR) is 67.5 cm³/mol. The molecule has 17 heavy (non-hydrogen) atoms. The van der Waals surface area contributed by atoms with Gasteiger partial charge >= 0.3 is 0 Å². The van der Waals surface area contributed by atoms with Crippen LogP contribution in [0.25, 0.3) is 0 Å². The number of ether oxygens (including phenoxy) is 1. The molecule has 1 rings (SSSR count). The summed E-state index contributed by atoms with van der Waals surface area (Å²) in [5.41, 5.74) is 0.503. The Hall–Kier alpha value is -0.810. The van der Waals surface area contributed by atoms with E-state index in [-0.39, 0.29) is 0 Å².